The van der Waals surface area contributed by atoms with Crippen molar-refractivity contribution in [1.82, 2.24) is 0 Å². The molecule has 0 nitrogen and oxygen atoms in total. The number of alkyl halides is 1. The molecule has 0 bridgehead atoms. The molecule has 1 aliphatic carbocycles. The van der Waals surface area contributed by atoms with E-state index in [1.807, 2.05) is 0 Å². The van der Waals surface area contributed by atoms with Gasteiger partial charge >= 0.3 is 0 Å². The molecule has 19 heavy (non-hydrogen) atoms. The van der Waals surface area contributed by atoms with Crippen molar-refractivity contribution in [3.8, 4) is 0 Å². The van der Waals surface area contributed by atoms with Gasteiger partial charge in [0.2, 0.25) is 0 Å². The first kappa shape index (κ1) is 16.5. The topological polar surface area (TPSA) is 0 Å². The Balaban J connectivity index is 2.38. The van der Waals surface area contributed by atoms with Crippen LogP contribution in [0.3, 0.4) is 0 Å². The Morgan fingerprint density at radius 1 is 1.32 bits per heavy atom. The molecule has 0 heterocycles. The third kappa shape index (κ3) is 7.54. The summed E-state index contributed by atoms with van der Waals surface area (Å²) in [7, 11) is 0. The Morgan fingerprint density at radius 3 is 2.47 bits per heavy atom. The van der Waals surface area contributed by atoms with Gasteiger partial charge in [-0.25, -0.2) is 4.39 Å². The van der Waals surface area contributed by atoms with E-state index in [1.165, 1.54) is 37.7 Å². The molecular weight excluding hydrogens is 235 g/mol. The molecule has 0 aliphatic heterocycles. The highest BCUT2D eigenvalue weighted by Gasteiger charge is 2.19. The predicted molar refractivity (Wildman–Crippen MR) is 83.1 cm³/mol. The van der Waals surface area contributed by atoms with Gasteiger partial charge in [0.15, 0.2) is 0 Å². The molecule has 1 aliphatic rings. The lowest BCUT2D eigenvalue weighted by Gasteiger charge is -2.22. The molecular formula is C18H31F. The van der Waals surface area contributed by atoms with E-state index in [2.05, 4.69) is 25.7 Å². The molecule has 1 rings (SSSR count). The van der Waals surface area contributed by atoms with Crippen molar-refractivity contribution in [2.75, 3.05) is 0 Å². The second-order valence-corrected chi connectivity index (χ2v) is 6.82. The minimum absolute atomic E-state index is 0.336. The average Bonchev–Trinajstić information content (AvgIpc) is 2.34. The van der Waals surface area contributed by atoms with Gasteiger partial charge in [0.1, 0.15) is 5.67 Å². The highest BCUT2D eigenvalue weighted by atomic mass is 19.1. The second kappa shape index (κ2) is 7.87. The molecule has 110 valence electrons. The van der Waals surface area contributed by atoms with Crippen molar-refractivity contribution in [3.05, 3.63) is 24.3 Å². The molecule has 0 amide bonds. The fraction of sp³-hybridized carbons (Fsp3) is 0.778. The van der Waals surface area contributed by atoms with E-state index >= 15 is 0 Å². The van der Waals surface area contributed by atoms with Crippen molar-refractivity contribution in [2.45, 2.75) is 77.8 Å². The van der Waals surface area contributed by atoms with Crippen LogP contribution in [0.15, 0.2) is 24.3 Å². The molecule has 1 atom stereocenters. The van der Waals surface area contributed by atoms with Crippen LogP contribution in [0.4, 0.5) is 4.39 Å². The molecule has 1 unspecified atom stereocenters. The number of hydrogen-bond acceptors (Lipinski definition) is 0. The molecule has 1 heteroatoms. The van der Waals surface area contributed by atoms with Crippen LogP contribution in [0.2, 0.25) is 0 Å². The second-order valence-electron chi connectivity index (χ2n) is 6.82. The largest absolute Gasteiger partial charge is 0.244 e. The van der Waals surface area contributed by atoms with Crippen LogP contribution >= 0.6 is 0 Å². The lowest BCUT2D eigenvalue weighted by Crippen LogP contribution is -2.16. The summed E-state index contributed by atoms with van der Waals surface area (Å²) in [5.41, 5.74) is 0.150. The molecule has 0 saturated heterocycles. The SMILES string of the molecule is C=C(/C=C/C(CC)CC(C)(C)F)CC1CCCCC1. The van der Waals surface area contributed by atoms with Gasteiger partial charge in [-0.1, -0.05) is 63.3 Å². The van der Waals surface area contributed by atoms with E-state index in [-0.39, 0.29) is 0 Å². The van der Waals surface area contributed by atoms with Crippen molar-refractivity contribution in [2.24, 2.45) is 11.8 Å². The third-order valence-electron chi connectivity index (χ3n) is 4.15. The molecule has 1 saturated carbocycles. The highest BCUT2D eigenvalue weighted by molar-refractivity contribution is 5.16. The van der Waals surface area contributed by atoms with Crippen molar-refractivity contribution < 1.29 is 4.39 Å². The number of hydrogen-bond donors (Lipinski definition) is 0. The Hall–Kier alpha value is -0.590. The quantitative estimate of drug-likeness (QED) is 0.479. The van der Waals surface area contributed by atoms with Gasteiger partial charge in [-0.05, 0) is 44.9 Å². The maximum absolute atomic E-state index is 13.7. The van der Waals surface area contributed by atoms with E-state index < -0.39 is 5.67 Å². The zero-order valence-corrected chi connectivity index (χ0v) is 13.1. The maximum atomic E-state index is 13.7. The van der Waals surface area contributed by atoms with Crippen LogP contribution < -0.4 is 0 Å². The van der Waals surface area contributed by atoms with E-state index in [1.54, 1.807) is 13.8 Å². The fourth-order valence-corrected chi connectivity index (χ4v) is 3.07. The molecule has 0 spiro atoms. The minimum atomic E-state index is -1.07. The smallest absolute Gasteiger partial charge is 0.106 e. The monoisotopic (exact) mass is 266 g/mol. The highest BCUT2D eigenvalue weighted by Crippen LogP contribution is 2.29. The third-order valence-corrected chi connectivity index (χ3v) is 4.15. The van der Waals surface area contributed by atoms with Gasteiger partial charge in [-0.2, -0.15) is 0 Å². The van der Waals surface area contributed by atoms with Crippen LogP contribution in [-0.2, 0) is 0 Å². The van der Waals surface area contributed by atoms with Crippen LogP contribution in [-0.4, -0.2) is 5.67 Å². The van der Waals surface area contributed by atoms with Crippen molar-refractivity contribution in [3.63, 3.8) is 0 Å². The molecule has 0 N–H and O–H groups in total. The first-order valence-electron chi connectivity index (χ1n) is 7.95. The Kier molecular flexibility index (Phi) is 6.82. The van der Waals surface area contributed by atoms with E-state index in [0.29, 0.717) is 12.3 Å². The summed E-state index contributed by atoms with van der Waals surface area (Å²) in [6.45, 7) is 9.63. The molecule has 0 aromatic carbocycles. The van der Waals surface area contributed by atoms with Gasteiger partial charge < -0.3 is 0 Å². The van der Waals surface area contributed by atoms with E-state index in [0.717, 1.165) is 18.8 Å². The Morgan fingerprint density at radius 2 is 1.95 bits per heavy atom. The van der Waals surface area contributed by atoms with Crippen molar-refractivity contribution in [1.29, 1.82) is 0 Å². The van der Waals surface area contributed by atoms with Crippen LogP contribution in [0.1, 0.15) is 72.1 Å². The zero-order valence-electron chi connectivity index (χ0n) is 13.1. The first-order chi connectivity index (χ1) is 8.90. The van der Waals surface area contributed by atoms with Crippen LogP contribution in [0, 0.1) is 11.8 Å². The fourth-order valence-electron chi connectivity index (χ4n) is 3.07. The Labute approximate surface area is 119 Å². The lowest BCUT2D eigenvalue weighted by atomic mass is 9.84. The molecule has 0 aromatic heterocycles. The molecule has 0 aromatic rings. The number of rotatable bonds is 7. The molecule has 0 radical (unpaired) electrons. The van der Waals surface area contributed by atoms with Gasteiger partial charge in [-0.15, -0.1) is 0 Å². The number of allylic oxidation sites excluding steroid dienone is 3. The summed E-state index contributed by atoms with van der Waals surface area (Å²) in [4.78, 5) is 0. The van der Waals surface area contributed by atoms with Gasteiger partial charge in [-0.3, -0.25) is 0 Å². The summed E-state index contributed by atoms with van der Waals surface area (Å²) < 4.78 is 13.7. The minimum Gasteiger partial charge on any atom is -0.244 e. The van der Waals surface area contributed by atoms with Crippen molar-refractivity contribution >= 4 is 0 Å². The predicted octanol–water partition coefficient (Wildman–Crippen LogP) is 6.23. The summed E-state index contributed by atoms with van der Waals surface area (Å²) in [5, 5.41) is 0. The van der Waals surface area contributed by atoms with Gasteiger partial charge in [0.05, 0.1) is 0 Å². The lowest BCUT2D eigenvalue weighted by molar-refractivity contribution is 0.179. The Bertz CT molecular complexity index is 289. The van der Waals surface area contributed by atoms with E-state index in [9.17, 15) is 4.39 Å². The number of halogens is 1. The first-order valence-corrected chi connectivity index (χ1v) is 7.95. The molecule has 1 fully saturated rings. The average molecular weight is 266 g/mol. The summed E-state index contributed by atoms with van der Waals surface area (Å²) >= 11 is 0. The maximum Gasteiger partial charge on any atom is 0.106 e. The van der Waals surface area contributed by atoms with Gasteiger partial charge in [0, 0.05) is 0 Å². The normalized spacial score (nSPS) is 19.8. The van der Waals surface area contributed by atoms with Crippen LogP contribution in [0.5, 0.6) is 0 Å². The standard InChI is InChI=1S/C18H31F/c1-5-16(14-18(3,4)19)12-11-15(2)13-17-9-7-6-8-10-17/h11-12,16-17H,2,5-10,13-14H2,1,3-4H3/b12-11+. The summed E-state index contributed by atoms with van der Waals surface area (Å²) in [6.07, 6.45) is 14.0. The van der Waals surface area contributed by atoms with Crippen LogP contribution in [0.25, 0.3) is 0 Å². The zero-order chi connectivity index (χ0) is 14.3. The van der Waals surface area contributed by atoms with Gasteiger partial charge in [0.25, 0.3) is 0 Å². The summed E-state index contributed by atoms with van der Waals surface area (Å²) in [5.74, 6) is 1.17. The van der Waals surface area contributed by atoms with E-state index in [4.69, 9.17) is 0 Å². The summed E-state index contributed by atoms with van der Waals surface area (Å²) in [6, 6.07) is 0.